The minimum atomic E-state index is -0.834. The molecule has 0 aliphatic carbocycles. The van der Waals surface area contributed by atoms with Crippen LogP contribution in [0.4, 0.5) is 0 Å². The van der Waals surface area contributed by atoms with Crippen molar-refractivity contribution in [2.45, 2.75) is 26.7 Å². The van der Waals surface area contributed by atoms with E-state index in [0.29, 0.717) is 12.4 Å². The van der Waals surface area contributed by atoms with Crippen LogP contribution >= 0.6 is 12.4 Å². The molecule has 1 aromatic rings. The van der Waals surface area contributed by atoms with Gasteiger partial charge in [-0.3, -0.25) is 4.79 Å². The Morgan fingerprint density at radius 2 is 1.90 bits per heavy atom. The maximum Gasteiger partial charge on any atom is 0.307 e. The summed E-state index contributed by atoms with van der Waals surface area (Å²) in [6, 6.07) is 7.33. The van der Waals surface area contributed by atoms with E-state index < -0.39 is 5.97 Å². The lowest BCUT2D eigenvalue weighted by molar-refractivity contribution is -0.136. The number of halogens is 1. The Hall–Kier alpha value is -1.26. The second kappa shape index (κ2) is 10.5. The molecule has 0 amide bonds. The fraction of sp³-hybridized carbons (Fsp3) is 0.533. The van der Waals surface area contributed by atoms with Crippen molar-refractivity contribution in [1.29, 1.82) is 0 Å². The molecule has 0 heterocycles. The first-order chi connectivity index (χ1) is 9.17. The Kier molecular flexibility index (Phi) is 9.86. The van der Waals surface area contributed by atoms with Crippen LogP contribution in [0.15, 0.2) is 24.3 Å². The number of carboxylic acid groups (broad SMARTS) is 1. The van der Waals surface area contributed by atoms with Crippen LogP contribution in [0.2, 0.25) is 0 Å². The normalized spacial score (nSPS) is 10.2. The topological polar surface area (TPSA) is 49.8 Å². The third-order valence-corrected chi connectivity index (χ3v) is 3.08. The summed E-state index contributed by atoms with van der Waals surface area (Å²) >= 11 is 0. The standard InChI is InChI=1S/C15H23NO3.ClH/c1-3-16(4-2)10-7-11-19-14-9-6-5-8-13(14)12-15(17)18;/h5-6,8-9H,3-4,7,10-12H2,1-2H3,(H,17,18);1H. The molecule has 0 aromatic heterocycles. The summed E-state index contributed by atoms with van der Waals surface area (Å²) in [5.74, 6) is -0.149. The molecular formula is C15H24ClNO3. The second-order valence-corrected chi connectivity index (χ2v) is 4.41. The van der Waals surface area contributed by atoms with Crippen molar-refractivity contribution in [2.75, 3.05) is 26.2 Å². The van der Waals surface area contributed by atoms with Crippen LogP contribution < -0.4 is 4.74 Å². The van der Waals surface area contributed by atoms with Crippen LogP contribution in [-0.4, -0.2) is 42.2 Å². The van der Waals surface area contributed by atoms with Gasteiger partial charge in [0.05, 0.1) is 13.0 Å². The number of ether oxygens (including phenoxy) is 1. The number of nitrogens with zero attached hydrogens (tertiary/aromatic N) is 1. The summed E-state index contributed by atoms with van der Waals surface area (Å²) in [6.45, 7) is 8.01. The first-order valence-electron chi connectivity index (χ1n) is 6.82. The van der Waals surface area contributed by atoms with Crippen molar-refractivity contribution in [3.05, 3.63) is 29.8 Å². The van der Waals surface area contributed by atoms with Crippen molar-refractivity contribution in [3.8, 4) is 5.75 Å². The van der Waals surface area contributed by atoms with Crippen LogP contribution in [0.5, 0.6) is 5.75 Å². The maximum atomic E-state index is 10.8. The first kappa shape index (κ1) is 18.7. The Balaban J connectivity index is 0.00000361. The van der Waals surface area contributed by atoms with Crippen LogP contribution in [0.25, 0.3) is 0 Å². The highest BCUT2D eigenvalue weighted by molar-refractivity contribution is 5.85. The summed E-state index contributed by atoms with van der Waals surface area (Å²) < 4.78 is 5.69. The van der Waals surface area contributed by atoms with E-state index in [0.717, 1.165) is 31.6 Å². The molecule has 0 unspecified atom stereocenters. The molecule has 0 aliphatic heterocycles. The molecule has 0 saturated carbocycles. The summed E-state index contributed by atoms with van der Waals surface area (Å²) in [7, 11) is 0. The van der Waals surface area contributed by atoms with Crippen molar-refractivity contribution in [2.24, 2.45) is 0 Å². The van der Waals surface area contributed by atoms with Gasteiger partial charge in [-0.05, 0) is 25.6 Å². The Morgan fingerprint density at radius 3 is 2.50 bits per heavy atom. The van der Waals surface area contributed by atoms with Crippen LogP contribution in [-0.2, 0) is 11.2 Å². The van der Waals surface area contributed by atoms with Gasteiger partial charge in [-0.15, -0.1) is 12.4 Å². The predicted molar refractivity (Wildman–Crippen MR) is 82.9 cm³/mol. The summed E-state index contributed by atoms with van der Waals surface area (Å²) in [5.41, 5.74) is 0.734. The zero-order valence-corrected chi connectivity index (χ0v) is 13.0. The number of hydrogen-bond donors (Lipinski definition) is 1. The second-order valence-electron chi connectivity index (χ2n) is 4.41. The minimum absolute atomic E-state index is 0. The number of rotatable bonds is 9. The molecule has 0 radical (unpaired) electrons. The van der Waals surface area contributed by atoms with Gasteiger partial charge in [0.2, 0.25) is 0 Å². The SMILES string of the molecule is CCN(CC)CCCOc1ccccc1CC(=O)O.Cl. The molecule has 5 heteroatoms. The number of hydrogen-bond acceptors (Lipinski definition) is 3. The molecule has 4 nitrogen and oxygen atoms in total. The van der Waals surface area contributed by atoms with Gasteiger partial charge in [0, 0.05) is 12.1 Å². The Bertz CT molecular complexity index is 394. The molecular weight excluding hydrogens is 278 g/mol. The smallest absolute Gasteiger partial charge is 0.307 e. The van der Waals surface area contributed by atoms with Crippen LogP contribution in [0.1, 0.15) is 25.8 Å². The number of benzene rings is 1. The zero-order chi connectivity index (χ0) is 14.1. The monoisotopic (exact) mass is 301 g/mol. The fourth-order valence-corrected chi connectivity index (χ4v) is 1.96. The van der Waals surface area contributed by atoms with Crippen molar-refractivity contribution in [3.63, 3.8) is 0 Å². The van der Waals surface area contributed by atoms with Crippen molar-refractivity contribution < 1.29 is 14.6 Å². The third kappa shape index (κ3) is 6.78. The van der Waals surface area contributed by atoms with Gasteiger partial charge in [-0.25, -0.2) is 0 Å². The fourth-order valence-electron chi connectivity index (χ4n) is 1.96. The lowest BCUT2D eigenvalue weighted by atomic mass is 10.1. The maximum absolute atomic E-state index is 10.8. The van der Waals surface area contributed by atoms with Crippen molar-refractivity contribution >= 4 is 18.4 Å². The lowest BCUT2D eigenvalue weighted by Crippen LogP contribution is -2.25. The van der Waals surface area contributed by atoms with E-state index in [2.05, 4.69) is 18.7 Å². The zero-order valence-electron chi connectivity index (χ0n) is 12.2. The predicted octanol–water partition coefficient (Wildman–Crippen LogP) is 2.85. The van der Waals surface area contributed by atoms with E-state index in [-0.39, 0.29) is 18.8 Å². The van der Waals surface area contributed by atoms with E-state index in [1.54, 1.807) is 6.07 Å². The molecule has 1 aromatic carbocycles. The summed E-state index contributed by atoms with van der Waals surface area (Å²) in [5, 5.41) is 8.84. The minimum Gasteiger partial charge on any atom is -0.493 e. The summed E-state index contributed by atoms with van der Waals surface area (Å²) in [6.07, 6.45) is 0.954. The average molecular weight is 302 g/mol. The van der Waals surface area contributed by atoms with Gasteiger partial charge >= 0.3 is 5.97 Å². The van der Waals surface area contributed by atoms with E-state index in [4.69, 9.17) is 9.84 Å². The number of para-hydroxylation sites is 1. The van der Waals surface area contributed by atoms with Gasteiger partial charge in [0.15, 0.2) is 0 Å². The molecule has 0 bridgehead atoms. The van der Waals surface area contributed by atoms with E-state index in [9.17, 15) is 4.79 Å². The van der Waals surface area contributed by atoms with E-state index >= 15 is 0 Å². The number of carbonyl (C=O) groups is 1. The van der Waals surface area contributed by atoms with Crippen LogP contribution in [0.3, 0.4) is 0 Å². The molecule has 1 rings (SSSR count). The molecule has 0 saturated heterocycles. The highest BCUT2D eigenvalue weighted by Gasteiger charge is 2.07. The molecule has 0 atom stereocenters. The Morgan fingerprint density at radius 1 is 1.25 bits per heavy atom. The van der Waals surface area contributed by atoms with Crippen molar-refractivity contribution in [1.82, 2.24) is 4.90 Å². The molecule has 1 N–H and O–H groups in total. The molecule has 20 heavy (non-hydrogen) atoms. The van der Waals surface area contributed by atoms with E-state index in [1.807, 2.05) is 18.2 Å². The number of aliphatic carboxylic acids is 1. The highest BCUT2D eigenvalue weighted by Crippen LogP contribution is 2.18. The van der Waals surface area contributed by atoms with Gasteiger partial charge in [0.1, 0.15) is 5.75 Å². The first-order valence-corrected chi connectivity index (χ1v) is 6.82. The quantitative estimate of drug-likeness (QED) is 0.713. The largest absolute Gasteiger partial charge is 0.493 e. The van der Waals surface area contributed by atoms with Gasteiger partial charge in [0.25, 0.3) is 0 Å². The summed E-state index contributed by atoms with van der Waals surface area (Å²) in [4.78, 5) is 13.1. The van der Waals surface area contributed by atoms with Gasteiger partial charge in [-0.2, -0.15) is 0 Å². The van der Waals surface area contributed by atoms with Crippen LogP contribution in [0, 0.1) is 0 Å². The Labute approximate surface area is 127 Å². The average Bonchev–Trinajstić information content (AvgIpc) is 2.40. The molecule has 0 aliphatic rings. The molecule has 114 valence electrons. The van der Waals surface area contributed by atoms with Gasteiger partial charge in [-0.1, -0.05) is 32.0 Å². The third-order valence-electron chi connectivity index (χ3n) is 3.08. The van der Waals surface area contributed by atoms with Gasteiger partial charge < -0.3 is 14.7 Å². The number of carboxylic acids is 1. The highest BCUT2D eigenvalue weighted by atomic mass is 35.5. The lowest BCUT2D eigenvalue weighted by Gasteiger charge is -2.18. The molecule has 0 fully saturated rings. The van der Waals surface area contributed by atoms with E-state index in [1.165, 1.54) is 0 Å². The molecule has 0 spiro atoms.